The summed E-state index contributed by atoms with van der Waals surface area (Å²) in [7, 11) is 0. The molecule has 0 radical (unpaired) electrons. The van der Waals surface area contributed by atoms with E-state index in [1.807, 2.05) is 6.92 Å². The van der Waals surface area contributed by atoms with E-state index in [9.17, 15) is 9.90 Å². The maximum absolute atomic E-state index is 11.6. The number of carbonyl (C=O) groups excluding carboxylic acids is 1. The second kappa shape index (κ2) is 6.45. The van der Waals surface area contributed by atoms with Crippen LogP contribution in [-0.4, -0.2) is 28.6 Å². The Morgan fingerprint density at radius 3 is 3.00 bits per heavy atom. The van der Waals surface area contributed by atoms with Gasteiger partial charge in [0.05, 0.1) is 6.10 Å². The van der Waals surface area contributed by atoms with Crippen molar-refractivity contribution in [1.82, 2.24) is 10.3 Å². The Balaban J connectivity index is 2.41. The summed E-state index contributed by atoms with van der Waals surface area (Å²) in [5.41, 5.74) is 0.290. The molecule has 2 N–H and O–H groups in total. The molecule has 0 bridgehead atoms. The van der Waals surface area contributed by atoms with Crippen molar-refractivity contribution >= 4 is 17.5 Å². The van der Waals surface area contributed by atoms with Gasteiger partial charge in [-0.05, 0) is 25.0 Å². The summed E-state index contributed by atoms with van der Waals surface area (Å²) in [5, 5.41) is 12.3. The summed E-state index contributed by atoms with van der Waals surface area (Å²) >= 11 is 5.66. The average Bonchev–Trinajstić information content (AvgIpc) is 2.28. The number of aliphatic hydroxyl groups is 1. The van der Waals surface area contributed by atoms with E-state index < -0.39 is 0 Å². The number of amides is 1. The molecule has 0 aromatic carbocycles. The maximum Gasteiger partial charge on any atom is 0.269 e. The molecular formula is C11H15ClN2O2. The Hall–Kier alpha value is -1.13. The molecule has 88 valence electrons. The minimum atomic E-state index is -0.368. The van der Waals surface area contributed by atoms with Crippen molar-refractivity contribution in [2.45, 2.75) is 25.9 Å². The SMILES string of the molecule is CCC(O)CCNC(=O)c1cccc(Cl)n1. The van der Waals surface area contributed by atoms with Gasteiger partial charge in [0, 0.05) is 6.54 Å². The van der Waals surface area contributed by atoms with Gasteiger partial charge in [0.25, 0.3) is 5.91 Å². The first kappa shape index (κ1) is 12.9. The highest BCUT2D eigenvalue weighted by atomic mass is 35.5. The largest absolute Gasteiger partial charge is 0.393 e. The number of nitrogens with zero attached hydrogens (tertiary/aromatic N) is 1. The molecule has 0 aliphatic rings. The van der Waals surface area contributed by atoms with Crippen LogP contribution in [0.3, 0.4) is 0 Å². The van der Waals surface area contributed by atoms with E-state index in [1.165, 1.54) is 0 Å². The van der Waals surface area contributed by atoms with Gasteiger partial charge in [0.2, 0.25) is 0 Å². The summed E-state index contributed by atoms with van der Waals surface area (Å²) in [6, 6.07) is 4.88. The first-order valence-corrected chi connectivity index (χ1v) is 5.60. The van der Waals surface area contributed by atoms with Crippen LogP contribution in [-0.2, 0) is 0 Å². The van der Waals surface area contributed by atoms with E-state index in [0.717, 1.165) is 0 Å². The number of carbonyl (C=O) groups is 1. The molecule has 0 aliphatic carbocycles. The number of hydrogen-bond acceptors (Lipinski definition) is 3. The van der Waals surface area contributed by atoms with Gasteiger partial charge in [-0.3, -0.25) is 4.79 Å². The van der Waals surface area contributed by atoms with Crippen LogP contribution in [0.5, 0.6) is 0 Å². The number of aliphatic hydroxyl groups excluding tert-OH is 1. The monoisotopic (exact) mass is 242 g/mol. The number of rotatable bonds is 5. The van der Waals surface area contributed by atoms with Crippen molar-refractivity contribution in [3.05, 3.63) is 29.0 Å². The molecule has 0 fully saturated rings. The van der Waals surface area contributed by atoms with Gasteiger partial charge < -0.3 is 10.4 Å². The lowest BCUT2D eigenvalue weighted by molar-refractivity contribution is 0.0937. The molecule has 4 nitrogen and oxygen atoms in total. The summed E-state index contributed by atoms with van der Waals surface area (Å²) < 4.78 is 0. The Bertz CT molecular complexity index is 358. The normalized spacial score (nSPS) is 12.2. The predicted octanol–water partition coefficient (Wildman–Crippen LogP) is 1.63. The zero-order valence-electron chi connectivity index (χ0n) is 9.11. The number of aromatic nitrogens is 1. The lowest BCUT2D eigenvalue weighted by Gasteiger charge is -2.08. The van der Waals surface area contributed by atoms with Crippen LogP contribution >= 0.6 is 11.6 Å². The molecule has 1 heterocycles. The highest BCUT2D eigenvalue weighted by Gasteiger charge is 2.07. The van der Waals surface area contributed by atoms with E-state index in [0.29, 0.717) is 30.2 Å². The molecule has 5 heteroatoms. The third-order valence-corrected chi connectivity index (χ3v) is 2.39. The van der Waals surface area contributed by atoms with Crippen molar-refractivity contribution in [2.75, 3.05) is 6.54 Å². The Morgan fingerprint density at radius 2 is 2.38 bits per heavy atom. The highest BCUT2D eigenvalue weighted by molar-refractivity contribution is 6.29. The Kier molecular flexibility index (Phi) is 5.22. The van der Waals surface area contributed by atoms with E-state index >= 15 is 0 Å². The minimum Gasteiger partial charge on any atom is -0.393 e. The smallest absolute Gasteiger partial charge is 0.269 e. The molecule has 1 aromatic rings. The van der Waals surface area contributed by atoms with Crippen LogP contribution in [0.15, 0.2) is 18.2 Å². The highest BCUT2D eigenvalue weighted by Crippen LogP contribution is 2.04. The van der Waals surface area contributed by atoms with E-state index in [4.69, 9.17) is 11.6 Å². The summed E-state index contributed by atoms with van der Waals surface area (Å²) in [5.74, 6) is -0.272. The molecule has 1 amide bonds. The molecule has 0 aliphatic heterocycles. The standard InChI is InChI=1S/C11H15ClN2O2/c1-2-8(15)6-7-13-11(16)9-4-3-5-10(12)14-9/h3-5,8,15H,2,6-7H2,1H3,(H,13,16). The first-order chi connectivity index (χ1) is 7.63. The van der Waals surface area contributed by atoms with E-state index in [-0.39, 0.29) is 12.0 Å². The van der Waals surface area contributed by atoms with Gasteiger partial charge in [-0.2, -0.15) is 0 Å². The van der Waals surface area contributed by atoms with Gasteiger partial charge in [-0.25, -0.2) is 4.98 Å². The van der Waals surface area contributed by atoms with Crippen LogP contribution in [0, 0.1) is 0 Å². The molecule has 1 atom stereocenters. The van der Waals surface area contributed by atoms with Crippen molar-refractivity contribution in [3.63, 3.8) is 0 Å². The quantitative estimate of drug-likeness (QED) is 0.772. The zero-order valence-corrected chi connectivity index (χ0v) is 9.87. The van der Waals surface area contributed by atoms with Gasteiger partial charge >= 0.3 is 0 Å². The molecule has 1 aromatic heterocycles. The predicted molar refractivity (Wildman–Crippen MR) is 62.5 cm³/mol. The lowest BCUT2D eigenvalue weighted by atomic mass is 10.2. The van der Waals surface area contributed by atoms with E-state index in [1.54, 1.807) is 18.2 Å². The number of halogens is 1. The fourth-order valence-corrected chi connectivity index (χ4v) is 1.35. The molecule has 1 rings (SSSR count). The van der Waals surface area contributed by atoms with Crippen LogP contribution < -0.4 is 5.32 Å². The molecule has 1 unspecified atom stereocenters. The second-order valence-corrected chi connectivity index (χ2v) is 3.84. The van der Waals surface area contributed by atoms with Crippen LogP contribution in [0.25, 0.3) is 0 Å². The van der Waals surface area contributed by atoms with Crippen LogP contribution in [0.4, 0.5) is 0 Å². The molecule has 0 saturated heterocycles. The molecular weight excluding hydrogens is 228 g/mol. The average molecular weight is 243 g/mol. The number of nitrogens with one attached hydrogen (secondary N) is 1. The van der Waals surface area contributed by atoms with Gasteiger partial charge in [-0.15, -0.1) is 0 Å². The Morgan fingerprint density at radius 1 is 1.62 bits per heavy atom. The van der Waals surface area contributed by atoms with Crippen molar-refractivity contribution in [2.24, 2.45) is 0 Å². The first-order valence-electron chi connectivity index (χ1n) is 5.22. The topological polar surface area (TPSA) is 62.2 Å². The third-order valence-electron chi connectivity index (χ3n) is 2.18. The molecule has 0 spiro atoms. The van der Waals surface area contributed by atoms with Gasteiger partial charge in [-0.1, -0.05) is 24.6 Å². The van der Waals surface area contributed by atoms with Gasteiger partial charge in [0.1, 0.15) is 10.8 Å². The lowest BCUT2D eigenvalue weighted by Crippen LogP contribution is -2.27. The summed E-state index contributed by atoms with van der Waals surface area (Å²) in [6.07, 6.45) is 0.862. The molecule has 0 saturated carbocycles. The van der Waals surface area contributed by atoms with E-state index in [2.05, 4.69) is 10.3 Å². The van der Waals surface area contributed by atoms with Crippen molar-refractivity contribution in [1.29, 1.82) is 0 Å². The second-order valence-electron chi connectivity index (χ2n) is 3.45. The summed E-state index contributed by atoms with van der Waals surface area (Å²) in [6.45, 7) is 2.33. The van der Waals surface area contributed by atoms with Crippen LogP contribution in [0.2, 0.25) is 5.15 Å². The van der Waals surface area contributed by atoms with Gasteiger partial charge in [0.15, 0.2) is 0 Å². The fourth-order valence-electron chi connectivity index (χ4n) is 1.18. The third kappa shape index (κ3) is 4.16. The maximum atomic E-state index is 11.6. The molecule has 16 heavy (non-hydrogen) atoms. The zero-order chi connectivity index (χ0) is 12.0. The van der Waals surface area contributed by atoms with Crippen molar-refractivity contribution < 1.29 is 9.90 Å². The Labute approximate surface area is 99.6 Å². The number of pyridine rings is 1. The number of hydrogen-bond donors (Lipinski definition) is 2. The minimum absolute atomic E-state index is 0.272. The summed E-state index contributed by atoms with van der Waals surface area (Å²) in [4.78, 5) is 15.4. The fraction of sp³-hybridized carbons (Fsp3) is 0.455. The van der Waals surface area contributed by atoms with Crippen molar-refractivity contribution in [3.8, 4) is 0 Å². The van der Waals surface area contributed by atoms with Crippen LogP contribution in [0.1, 0.15) is 30.3 Å².